The highest BCUT2D eigenvalue weighted by molar-refractivity contribution is 9.10. The molecule has 0 radical (unpaired) electrons. The van der Waals surface area contributed by atoms with Crippen molar-refractivity contribution >= 4 is 21.6 Å². The zero-order valence-electron chi connectivity index (χ0n) is 12.5. The van der Waals surface area contributed by atoms with E-state index < -0.39 is 0 Å². The lowest BCUT2D eigenvalue weighted by atomic mass is 10.1. The number of methoxy groups -OCH3 is 1. The van der Waals surface area contributed by atoms with Gasteiger partial charge in [0.15, 0.2) is 0 Å². The normalized spacial score (nSPS) is 11.8. The molecular formula is C17H20BrNO2. The average molecular weight is 350 g/mol. The molecule has 2 aromatic carbocycles. The number of hydrogen-bond donors (Lipinski definition) is 1. The van der Waals surface area contributed by atoms with Crippen molar-refractivity contribution in [1.29, 1.82) is 0 Å². The Balaban J connectivity index is 2.06. The van der Waals surface area contributed by atoms with Gasteiger partial charge in [-0.2, -0.15) is 0 Å². The zero-order valence-corrected chi connectivity index (χ0v) is 14.1. The molecule has 0 saturated carbocycles. The van der Waals surface area contributed by atoms with Crippen LogP contribution in [-0.2, 0) is 0 Å². The van der Waals surface area contributed by atoms with Crippen molar-refractivity contribution in [3.05, 3.63) is 52.5 Å². The number of nitrogens with one attached hydrogen (secondary N) is 1. The topological polar surface area (TPSA) is 30.5 Å². The van der Waals surface area contributed by atoms with E-state index in [0.29, 0.717) is 6.61 Å². The third-order valence-electron chi connectivity index (χ3n) is 3.23. The Kier molecular flexibility index (Phi) is 5.51. The molecule has 1 atom stereocenters. The fraction of sp³-hybridized carbons (Fsp3) is 0.294. The van der Waals surface area contributed by atoms with Crippen LogP contribution in [0.3, 0.4) is 0 Å². The molecule has 2 rings (SSSR count). The second kappa shape index (κ2) is 7.36. The van der Waals surface area contributed by atoms with Gasteiger partial charge in [-0.25, -0.2) is 0 Å². The molecule has 2 aromatic rings. The molecule has 1 N–H and O–H groups in total. The molecule has 0 aliphatic heterocycles. The highest BCUT2D eigenvalue weighted by atomic mass is 79.9. The van der Waals surface area contributed by atoms with Crippen LogP contribution in [-0.4, -0.2) is 13.7 Å². The van der Waals surface area contributed by atoms with Crippen LogP contribution < -0.4 is 14.8 Å². The third-order valence-corrected chi connectivity index (χ3v) is 3.85. The van der Waals surface area contributed by atoms with Crippen molar-refractivity contribution < 1.29 is 9.47 Å². The molecule has 0 heterocycles. The van der Waals surface area contributed by atoms with Gasteiger partial charge < -0.3 is 14.8 Å². The monoisotopic (exact) mass is 349 g/mol. The van der Waals surface area contributed by atoms with Crippen LogP contribution >= 0.6 is 15.9 Å². The van der Waals surface area contributed by atoms with E-state index in [1.807, 2.05) is 37.3 Å². The molecule has 0 amide bonds. The van der Waals surface area contributed by atoms with Crippen LogP contribution in [0, 0.1) is 0 Å². The van der Waals surface area contributed by atoms with Gasteiger partial charge in [-0.3, -0.25) is 0 Å². The van der Waals surface area contributed by atoms with Crippen molar-refractivity contribution in [2.24, 2.45) is 0 Å². The summed E-state index contributed by atoms with van der Waals surface area (Å²) in [6, 6.07) is 14.3. The molecule has 0 spiro atoms. The largest absolute Gasteiger partial charge is 0.496 e. The Labute approximate surface area is 134 Å². The first-order chi connectivity index (χ1) is 10.1. The van der Waals surface area contributed by atoms with Crippen molar-refractivity contribution in [3.63, 3.8) is 0 Å². The van der Waals surface area contributed by atoms with E-state index >= 15 is 0 Å². The van der Waals surface area contributed by atoms with E-state index in [1.165, 1.54) is 5.56 Å². The van der Waals surface area contributed by atoms with Crippen molar-refractivity contribution in [2.45, 2.75) is 19.9 Å². The van der Waals surface area contributed by atoms with E-state index in [9.17, 15) is 0 Å². The molecule has 0 saturated heterocycles. The standard InChI is InChI=1S/C17H20BrNO2/c1-4-21-15-8-5-13(6-9-15)12(2)19-14-7-10-17(20-3)16(18)11-14/h5-12,19H,4H2,1-3H3. The van der Waals surface area contributed by atoms with Gasteiger partial charge in [-0.05, 0) is 65.7 Å². The van der Waals surface area contributed by atoms with E-state index in [4.69, 9.17) is 9.47 Å². The molecule has 0 aromatic heterocycles. The summed E-state index contributed by atoms with van der Waals surface area (Å²) in [5, 5.41) is 3.48. The second-order valence-corrected chi connectivity index (χ2v) is 5.57. The maximum atomic E-state index is 5.46. The first-order valence-electron chi connectivity index (χ1n) is 6.97. The van der Waals surface area contributed by atoms with Gasteiger partial charge in [0.05, 0.1) is 18.2 Å². The molecule has 112 valence electrons. The van der Waals surface area contributed by atoms with E-state index in [2.05, 4.69) is 40.3 Å². The van der Waals surface area contributed by atoms with Gasteiger partial charge in [0.2, 0.25) is 0 Å². The van der Waals surface area contributed by atoms with Gasteiger partial charge in [-0.1, -0.05) is 12.1 Å². The Bertz CT molecular complexity index is 584. The van der Waals surface area contributed by atoms with E-state index in [-0.39, 0.29) is 6.04 Å². The highest BCUT2D eigenvalue weighted by Gasteiger charge is 2.07. The molecule has 21 heavy (non-hydrogen) atoms. The predicted molar refractivity (Wildman–Crippen MR) is 90.3 cm³/mol. The number of halogens is 1. The summed E-state index contributed by atoms with van der Waals surface area (Å²) in [4.78, 5) is 0. The lowest BCUT2D eigenvalue weighted by molar-refractivity contribution is 0.340. The van der Waals surface area contributed by atoms with E-state index in [1.54, 1.807) is 7.11 Å². The zero-order chi connectivity index (χ0) is 15.2. The van der Waals surface area contributed by atoms with Gasteiger partial charge in [0.25, 0.3) is 0 Å². The van der Waals surface area contributed by atoms with Gasteiger partial charge in [0, 0.05) is 11.7 Å². The van der Waals surface area contributed by atoms with Crippen molar-refractivity contribution in [2.75, 3.05) is 19.0 Å². The first kappa shape index (κ1) is 15.7. The molecule has 0 fully saturated rings. The molecule has 0 bridgehead atoms. The van der Waals surface area contributed by atoms with Gasteiger partial charge in [-0.15, -0.1) is 0 Å². The van der Waals surface area contributed by atoms with Crippen molar-refractivity contribution in [3.8, 4) is 11.5 Å². The lowest BCUT2D eigenvalue weighted by Gasteiger charge is -2.17. The molecule has 0 aliphatic rings. The summed E-state index contributed by atoms with van der Waals surface area (Å²) in [5.41, 5.74) is 2.26. The number of ether oxygens (including phenoxy) is 2. The summed E-state index contributed by atoms with van der Waals surface area (Å²) in [6.07, 6.45) is 0. The molecule has 0 aliphatic carbocycles. The minimum Gasteiger partial charge on any atom is -0.496 e. The van der Waals surface area contributed by atoms with Crippen LogP contribution in [0.15, 0.2) is 46.9 Å². The summed E-state index contributed by atoms with van der Waals surface area (Å²) >= 11 is 3.50. The predicted octanol–water partition coefficient (Wildman–Crippen LogP) is 5.03. The number of benzene rings is 2. The maximum absolute atomic E-state index is 5.46. The van der Waals surface area contributed by atoms with E-state index in [0.717, 1.165) is 21.7 Å². The summed E-state index contributed by atoms with van der Waals surface area (Å²) in [6.45, 7) is 4.81. The first-order valence-corrected chi connectivity index (χ1v) is 7.76. The Hall–Kier alpha value is -1.68. The lowest BCUT2D eigenvalue weighted by Crippen LogP contribution is -2.06. The highest BCUT2D eigenvalue weighted by Crippen LogP contribution is 2.29. The molecule has 3 nitrogen and oxygen atoms in total. The summed E-state index contributed by atoms with van der Waals surface area (Å²) in [5.74, 6) is 1.73. The smallest absolute Gasteiger partial charge is 0.133 e. The molecule has 1 unspecified atom stereocenters. The summed E-state index contributed by atoms with van der Waals surface area (Å²) in [7, 11) is 1.66. The summed E-state index contributed by atoms with van der Waals surface area (Å²) < 4.78 is 11.6. The van der Waals surface area contributed by atoms with Crippen LogP contribution in [0.1, 0.15) is 25.5 Å². The van der Waals surface area contributed by atoms with Gasteiger partial charge >= 0.3 is 0 Å². The maximum Gasteiger partial charge on any atom is 0.133 e. The fourth-order valence-electron chi connectivity index (χ4n) is 2.11. The molecule has 4 heteroatoms. The Morgan fingerprint density at radius 1 is 1.14 bits per heavy atom. The molecular weight excluding hydrogens is 330 g/mol. The third kappa shape index (κ3) is 4.14. The minimum absolute atomic E-state index is 0.209. The fourth-order valence-corrected chi connectivity index (χ4v) is 2.65. The number of hydrogen-bond acceptors (Lipinski definition) is 3. The SMILES string of the molecule is CCOc1ccc(C(C)Nc2ccc(OC)c(Br)c2)cc1. The minimum atomic E-state index is 0.209. The van der Waals surface area contributed by atoms with Crippen LogP contribution in [0.2, 0.25) is 0 Å². The Morgan fingerprint density at radius 3 is 2.43 bits per heavy atom. The van der Waals surface area contributed by atoms with Crippen LogP contribution in [0.5, 0.6) is 11.5 Å². The second-order valence-electron chi connectivity index (χ2n) is 4.72. The van der Waals surface area contributed by atoms with Crippen molar-refractivity contribution in [1.82, 2.24) is 0 Å². The quantitative estimate of drug-likeness (QED) is 0.793. The number of anilines is 1. The van der Waals surface area contributed by atoms with Crippen LogP contribution in [0.25, 0.3) is 0 Å². The van der Waals surface area contributed by atoms with Gasteiger partial charge in [0.1, 0.15) is 11.5 Å². The average Bonchev–Trinajstić information content (AvgIpc) is 2.48. The Morgan fingerprint density at radius 2 is 1.86 bits per heavy atom. The van der Waals surface area contributed by atoms with Crippen LogP contribution in [0.4, 0.5) is 5.69 Å². The number of rotatable bonds is 6.